The largest absolute Gasteiger partial charge is 0.445 e. The van der Waals surface area contributed by atoms with E-state index in [4.69, 9.17) is 4.74 Å². The van der Waals surface area contributed by atoms with Gasteiger partial charge >= 0.3 is 12.1 Å². The number of ether oxygens (including phenoxy) is 1. The molecule has 2 atom stereocenters. The van der Waals surface area contributed by atoms with Crippen LogP contribution in [0.25, 0.3) is 0 Å². The van der Waals surface area contributed by atoms with Crippen molar-refractivity contribution in [3.05, 3.63) is 29.8 Å². The van der Waals surface area contributed by atoms with Gasteiger partial charge in [-0.3, -0.25) is 9.80 Å². The van der Waals surface area contributed by atoms with Crippen LogP contribution in [0.5, 0.6) is 0 Å². The number of rotatable bonds is 4. The van der Waals surface area contributed by atoms with Crippen molar-refractivity contribution in [2.45, 2.75) is 132 Å². The van der Waals surface area contributed by atoms with Gasteiger partial charge in [0.15, 0.2) is 0 Å². The number of anilines is 1. The van der Waals surface area contributed by atoms with Crippen molar-refractivity contribution in [3.8, 4) is 0 Å². The number of carbonyl (C=O) groups is 2. The molecule has 2 heterocycles. The van der Waals surface area contributed by atoms with E-state index in [-0.39, 0.29) is 29.7 Å². The molecule has 7 nitrogen and oxygen atoms in total. The van der Waals surface area contributed by atoms with Gasteiger partial charge in [0, 0.05) is 35.8 Å². The first-order chi connectivity index (χ1) is 19.1. The number of piperidine rings is 1. The van der Waals surface area contributed by atoms with Crippen LogP contribution in [0.15, 0.2) is 24.3 Å². The summed E-state index contributed by atoms with van der Waals surface area (Å²) in [5, 5.41) is 6.52. The molecule has 3 amide bonds. The Labute approximate surface area is 234 Å². The van der Waals surface area contributed by atoms with E-state index in [9.17, 15) is 9.59 Å². The van der Waals surface area contributed by atoms with Crippen molar-refractivity contribution >= 4 is 17.8 Å². The highest BCUT2D eigenvalue weighted by Gasteiger charge is 2.48. The lowest BCUT2D eigenvalue weighted by Crippen LogP contribution is -2.55. The minimum atomic E-state index is -0.211. The molecule has 2 aliphatic heterocycles. The van der Waals surface area contributed by atoms with Gasteiger partial charge in [-0.05, 0) is 82.5 Å². The molecule has 7 heteroatoms. The number of hydrogen-bond donors (Lipinski definition) is 2. The summed E-state index contributed by atoms with van der Waals surface area (Å²) in [6.07, 6.45) is 18.0. The molecule has 39 heavy (non-hydrogen) atoms. The summed E-state index contributed by atoms with van der Waals surface area (Å²) in [6, 6.07) is 9.56. The van der Waals surface area contributed by atoms with E-state index in [2.05, 4.69) is 39.8 Å². The molecule has 1 aromatic carbocycles. The Hall–Kier alpha value is -2.28. The minimum absolute atomic E-state index is 0.0143. The molecule has 214 valence electrons. The number of amides is 3. The SMILES string of the molecule is O=C(NC1CCCCC1)OC1CCCCC1N1CCC2(CC1)CN(C(=O)NC1CCCCC1)c1ccccc12. The second-order valence-electron chi connectivity index (χ2n) is 13.0. The zero-order chi connectivity index (χ0) is 26.7. The average Bonchev–Trinajstić information content (AvgIpc) is 3.29. The monoisotopic (exact) mass is 536 g/mol. The van der Waals surface area contributed by atoms with Crippen LogP contribution in [0.2, 0.25) is 0 Å². The van der Waals surface area contributed by atoms with E-state index in [1.165, 1.54) is 50.5 Å². The van der Waals surface area contributed by atoms with E-state index in [1.54, 1.807) is 0 Å². The lowest BCUT2D eigenvalue weighted by Gasteiger charge is -2.46. The molecule has 6 rings (SSSR count). The molecule has 0 bridgehead atoms. The smallest absolute Gasteiger partial charge is 0.407 e. The highest BCUT2D eigenvalue weighted by Crippen LogP contribution is 2.47. The molecule has 0 aromatic heterocycles. The zero-order valence-corrected chi connectivity index (χ0v) is 23.7. The maximum Gasteiger partial charge on any atom is 0.407 e. The number of urea groups is 1. The second kappa shape index (κ2) is 12.1. The first-order valence-corrected chi connectivity index (χ1v) is 16.0. The summed E-state index contributed by atoms with van der Waals surface area (Å²) < 4.78 is 6.10. The lowest BCUT2D eigenvalue weighted by molar-refractivity contribution is -0.0121. The van der Waals surface area contributed by atoms with Gasteiger partial charge in [0.1, 0.15) is 6.10 Å². The van der Waals surface area contributed by atoms with Crippen LogP contribution >= 0.6 is 0 Å². The fraction of sp³-hybridized carbons (Fsp3) is 0.750. The van der Waals surface area contributed by atoms with E-state index >= 15 is 0 Å². The Morgan fingerprint density at radius 2 is 1.38 bits per heavy atom. The number of carbonyl (C=O) groups excluding carboxylic acids is 2. The molecule has 2 unspecified atom stereocenters. The fourth-order valence-electron chi connectivity index (χ4n) is 8.24. The van der Waals surface area contributed by atoms with Gasteiger partial charge in [-0.25, -0.2) is 9.59 Å². The van der Waals surface area contributed by atoms with Crippen LogP contribution in [0.3, 0.4) is 0 Å². The predicted octanol–water partition coefficient (Wildman–Crippen LogP) is 6.25. The summed E-state index contributed by atoms with van der Waals surface area (Å²) in [7, 11) is 0. The van der Waals surface area contributed by atoms with Gasteiger partial charge in [0.05, 0.1) is 0 Å². The highest BCUT2D eigenvalue weighted by atomic mass is 16.6. The Morgan fingerprint density at radius 1 is 0.769 bits per heavy atom. The number of nitrogens with zero attached hydrogens (tertiary/aromatic N) is 2. The van der Waals surface area contributed by atoms with Crippen LogP contribution in [-0.4, -0.2) is 60.9 Å². The molecule has 0 radical (unpaired) electrons. The number of hydrogen-bond acceptors (Lipinski definition) is 4. The van der Waals surface area contributed by atoms with Crippen molar-refractivity contribution in [1.29, 1.82) is 0 Å². The van der Waals surface area contributed by atoms with Crippen LogP contribution in [-0.2, 0) is 10.2 Å². The topological polar surface area (TPSA) is 73.9 Å². The van der Waals surface area contributed by atoms with E-state index in [0.29, 0.717) is 12.1 Å². The number of fused-ring (bicyclic) bond motifs is 2. The maximum atomic E-state index is 13.5. The summed E-state index contributed by atoms with van der Waals surface area (Å²) in [6.45, 7) is 2.75. The standard InChI is InChI=1S/C32H48N4O3/c37-30(33-24-11-3-1-4-12-24)36-23-32(26-15-7-8-16-27(26)36)19-21-35(22-20-32)28-17-9-10-18-29(28)39-31(38)34-25-13-5-2-6-14-25/h7-8,15-16,24-25,28-29H,1-6,9-14,17-23H2,(H,33,37)(H,34,38). The lowest BCUT2D eigenvalue weighted by atomic mass is 9.73. The van der Waals surface area contributed by atoms with Crippen LogP contribution in [0, 0.1) is 0 Å². The molecule has 1 aromatic rings. The zero-order valence-electron chi connectivity index (χ0n) is 23.7. The maximum absolute atomic E-state index is 13.5. The first-order valence-electron chi connectivity index (χ1n) is 16.0. The third-order valence-electron chi connectivity index (χ3n) is 10.5. The van der Waals surface area contributed by atoms with E-state index in [1.807, 2.05) is 4.90 Å². The normalized spacial score (nSPS) is 28.2. The molecule has 2 N–H and O–H groups in total. The Balaban J connectivity index is 1.09. The number of nitrogens with one attached hydrogen (secondary N) is 2. The molecular weight excluding hydrogens is 488 g/mol. The fourth-order valence-corrected chi connectivity index (χ4v) is 8.24. The summed E-state index contributed by atoms with van der Waals surface area (Å²) in [5.74, 6) is 0. The third kappa shape index (κ3) is 5.94. The van der Waals surface area contributed by atoms with Gasteiger partial charge in [-0.1, -0.05) is 63.1 Å². The van der Waals surface area contributed by atoms with Gasteiger partial charge < -0.3 is 15.4 Å². The Morgan fingerprint density at radius 3 is 2.10 bits per heavy atom. The Bertz CT molecular complexity index is 995. The quantitative estimate of drug-likeness (QED) is 0.477. The molecule has 5 aliphatic rings. The molecule has 3 aliphatic carbocycles. The molecule has 3 saturated carbocycles. The molecule has 4 fully saturated rings. The van der Waals surface area contributed by atoms with E-state index in [0.717, 1.165) is 83.1 Å². The van der Waals surface area contributed by atoms with Crippen LogP contribution < -0.4 is 15.5 Å². The average molecular weight is 537 g/mol. The summed E-state index contributed by atoms with van der Waals surface area (Å²) in [4.78, 5) is 30.9. The van der Waals surface area contributed by atoms with E-state index < -0.39 is 0 Å². The second-order valence-corrected chi connectivity index (χ2v) is 13.0. The first kappa shape index (κ1) is 26.9. The van der Waals surface area contributed by atoms with Gasteiger partial charge in [0.2, 0.25) is 0 Å². The van der Waals surface area contributed by atoms with Gasteiger partial charge in [0.25, 0.3) is 0 Å². The Kier molecular flexibility index (Phi) is 8.33. The van der Waals surface area contributed by atoms with Crippen LogP contribution in [0.1, 0.15) is 108 Å². The third-order valence-corrected chi connectivity index (χ3v) is 10.5. The van der Waals surface area contributed by atoms with Gasteiger partial charge in [-0.2, -0.15) is 0 Å². The van der Waals surface area contributed by atoms with Crippen LogP contribution in [0.4, 0.5) is 15.3 Å². The number of benzene rings is 1. The minimum Gasteiger partial charge on any atom is -0.445 e. The summed E-state index contributed by atoms with van der Waals surface area (Å²) >= 11 is 0. The van der Waals surface area contributed by atoms with Gasteiger partial charge in [-0.15, -0.1) is 0 Å². The molecule has 1 saturated heterocycles. The van der Waals surface area contributed by atoms with Crippen molar-refractivity contribution in [3.63, 3.8) is 0 Å². The number of alkyl carbamates (subject to hydrolysis) is 1. The number of likely N-dealkylation sites (tertiary alicyclic amines) is 1. The predicted molar refractivity (Wildman–Crippen MR) is 154 cm³/mol. The molecule has 1 spiro atoms. The molecular formula is C32H48N4O3. The van der Waals surface area contributed by atoms with Crippen molar-refractivity contribution in [1.82, 2.24) is 15.5 Å². The van der Waals surface area contributed by atoms with Crippen molar-refractivity contribution in [2.24, 2.45) is 0 Å². The van der Waals surface area contributed by atoms with Crippen molar-refractivity contribution in [2.75, 3.05) is 24.5 Å². The summed E-state index contributed by atoms with van der Waals surface area (Å²) in [5.41, 5.74) is 2.45. The van der Waals surface area contributed by atoms with Crippen molar-refractivity contribution < 1.29 is 14.3 Å². The highest BCUT2D eigenvalue weighted by molar-refractivity contribution is 5.95. The number of para-hydroxylation sites is 1.